The SMILES string of the molecule is c1ccc(-c2cc3c4c(ccc5c4c4c(cccc4n5-c4ccccn4)-c4ccccc4-3)c2)cc1. The van der Waals surface area contributed by atoms with E-state index in [0.29, 0.717) is 0 Å². The Balaban J connectivity index is 1.63. The van der Waals surface area contributed by atoms with Gasteiger partial charge in [-0.25, -0.2) is 4.98 Å². The Labute approximate surface area is 202 Å². The summed E-state index contributed by atoms with van der Waals surface area (Å²) >= 11 is 0. The van der Waals surface area contributed by atoms with Gasteiger partial charge in [0.05, 0.1) is 11.0 Å². The first-order valence-electron chi connectivity index (χ1n) is 12.0. The number of rotatable bonds is 2. The van der Waals surface area contributed by atoms with Crippen molar-refractivity contribution in [2.45, 2.75) is 0 Å². The Bertz CT molecular complexity index is 1930. The van der Waals surface area contributed by atoms with Crippen LogP contribution in [0.2, 0.25) is 0 Å². The lowest BCUT2D eigenvalue weighted by Crippen LogP contribution is -1.97. The molecular formula is C33H20N2. The van der Waals surface area contributed by atoms with Crippen LogP contribution >= 0.6 is 0 Å². The van der Waals surface area contributed by atoms with Crippen LogP contribution in [0.15, 0.2) is 121 Å². The second-order valence-electron chi connectivity index (χ2n) is 9.22. The maximum atomic E-state index is 4.73. The van der Waals surface area contributed by atoms with Crippen molar-refractivity contribution in [1.82, 2.24) is 9.55 Å². The Morgan fingerprint density at radius 2 is 1.20 bits per heavy atom. The van der Waals surface area contributed by atoms with E-state index in [4.69, 9.17) is 4.98 Å². The fourth-order valence-corrected chi connectivity index (χ4v) is 5.93. The highest BCUT2D eigenvalue weighted by Crippen LogP contribution is 2.50. The molecule has 1 aliphatic carbocycles. The average Bonchev–Trinajstić information content (AvgIpc) is 3.21. The molecule has 8 rings (SSSR count). The van der Waals surface area contributed by atoms with Gasteiger partial charge in [0.1, 0.15) is 5.82 Å². The smallest absolute Gasteiger partial charge is 0.137 e. The average molecular weight is 445 g/mol. The summed E-state index contributed by atoms with van der Waals surface area (Å²) in [5, 5.41) is 5.20. The molecule has 162 valence electrons. The zero-order chi connectivity index (χ0) is 22.9. The molecule has 0 fully saturated rings. The van der Waals surface area contributed by atoms with Gasteiger partial charge in [0.25, 0.3) is 0 Å². The van der Waals surface area contributed by atoms with Gasteiger partial charge < -0.3 is 0 Å². The van der Waals surface area contributed by atoms with E-state index in [-0.39, 0.29) is 0 Å². The predicted octanol–water partition coefficient (Wildman–Crippen LogP) is 8.65. The molecule has 2 nitrogen and oxygen atoms in total. The van der Waals surface area contributed by atoms with E-state index in [1.54, 1.807) is 0 Å². The summed E-state index contributed by atoms with van der Waals surface area (Å²) in [6.45, 7) is 0. The van der Waals surface area contributed by atoms with Crippen molar-refractivity contribution in [3.05, 3.63) is 121 Å². The van der Waals surface area contributed by atoms with Crippen molar-refractivity contribution in [3.63, 3.8) is 0 Å². The Kier molecular flexibility index (Phi) is 3.69. The number of aromatic nitrogens is 2. The molecule has 0 amide bonds. The molecule has 0 saturated carbocycles. The van der Waals surface area contributed by atoms with Crippen LogP contribution in [0.1, 0.15) is 0 Å². The van der Waals surface area contributed by atoms with Crippen molar-refractivity contribution in [2.75, 3.05) is 0 Å². The maximum absolute atomic E-state index is 4.73. The highest BCUT2D eigenvalue weighted by molar-refractivity contribution is 6.30. The number of hydrogen-bond acceptors (Lipinski definition) is 1. The van der Waals surface area contributed by atoms with E-state index in [0.717, 1.165) is 5.82 Å². The molecule has 0 radical (unpaired) electrons. The fraction of sp³-hybridized carbons (Fsp3) is 0. The second-order valence-corrected chi connectivity index (χ2v) is 9.22. The van der Waals surface area contributed by atoms with Gasteiger partial charge >= 0.3 is 0 Å². The predicted molar refractivity (Wildman–Crippen MR) is 146 cm³/mol. The summed E-state index contributed by atoms with van der Waals surface area (Å²) in [6, 6.07) is 41.6. The zero-order valence-corrected chi connectivity index (χ0v) is 18.9. The van der Waals surface area contributed by atoms with E-state index >= 15 is 0 Å². The van der Waals surface area contributed by atoms with Crippen LogP contribution in [0.4, 0.5) is 0 Å². The third-order valence-corrected chi connectivity index (χ3v) is 7.36. The molecule has 0 saturated heterocycles. The van der Waals surface area contributed by atoms with E-state index in [2.05, 4.69) is 114 Å². The van der Waals surface area contributed by atoms with Gasteiger partial charge in [0, 0.05) is 17.0 Å². The largest absolute Gasteiger partial charge is 0.294 e. The monoisotopic (exact) mass is 444 g/mol. The molecule has 2 heterocycles. The molecule has 0 aliphatic heterocycles. The van der Waals surface area contributed by atoms with E-state index in [1.165, 1.54) is 66.0 Å². The van der Waals surface area contributed by atoms with Gasteiger partial charge in [-0.15, -0.1) is 0 Å². The van der Waals surface area contributed by atoms with Crippen molar-refractivity contribution in [2.24, 2.45) is 0 Å². The van der Waals surface area contributed by atoms with Crippen LogP contribution < -0.4 is 0 Å². The minimum Gasteiger partial charge on any atom is -0.294 e. The molecule has 2 aromatic heterocycles. The molecule has 2 heteroatoms. The third kappa shape index (κ3) is 2.51. The fourth-order valence-electron chi connectivity index (χ4n) is 5.93. The van der Waals surface area contributed by atoms with Gasteiger partial charge in [-0.3, -0.25) is 4.57 Å². The van der Waals surface area contributed by atoms with E-state index < -0.39 is 0 Å². The van der Waals surface area contributed by atoms with Crippen molar-refractivity contribution >= 4 is 32.6 Å². The minimum atomic E-state index is 0.945. The lowest BCUT2D eigenvalue weighted by molar-refractivity contribution is 1.08. The van der Waals surface area contributed by atoms with Gasteiger partial charge in [-0.05, 0) is 80.6 Å². The maximum Gasteiger partial charge on any atom is 0.137 e. The summed E-state index contributed by atoms with van der Waals surface area (Å²) in [5.74, 6) is 0.945. The Morgan fingerprint density at radius 1 is 0.457 bits per heavy atom. The van der Waals surface area contributed by atoms with Crippen LogP contribution in [-0.4, -0.2) is 9.55 Å². The Morgan fingerprint density at radius 3 is 2.03 bits per heavy atom. The molecule has 0 atom stereocenters. The van der Waals surface area contributed by atoms with Crippen molar-refractivity contribution in [1.29, 1.82) is 0 Å². The van der Waals surface area contributed by atoms with Crippen LogP contribution in [0.25, 0.3) is 71.8 Å². The third-order valence-electron chi connectivity index (χ3n) is 7.36. The molecule has 5 aromatic carbocycles. The van der Waals surface area contributed by atoms with Crippen LogP contribution in [0.3, 0.4) is 0 Å². The number of benzene rings is 5. The number of fused-ring (bicyclic) bond motifs is 3. The molecule has 7 aromatic rings. The summed E-state index contributed by atoms with van der Waals surface area (Å²) in [6.07, 6.45) is 1.87. The van der Waals surface area contributed by atoms with Crippen LogP contribution in [0.5, 0.6) is 0 Å². The normalized spacial score (nSPS) is 12.0. The number of pyridine rings is 1. The molecule has 1 aliphatic rings. The molecule has 0 unspecified atom stereocenters. The van der Waals surface area contributed by atoms with E-state index in [1.807, 2.05) is 12.3 Å². The molecular weight excluding hydrogens is 424 g/mol. The number of hydrogen-bond donors (Lipinski definition) is 0. The lowest BCUT2D eigenvalue weighted by Gasteiger charge is -2.15. The second kappa shape index (κ2) is 6.91. The first-order chi connectivity index (χ1) is 17.4. The first-order valence-corrected chi connectivity index (χ1v) is 12.0. The van der Waals surface area contributed by atoms with Crippen LogP contribution in [-0.2, 0) is 0 Å². The minimum absolute atomic E-state index is 0.945. The quantitative estimate of drug-likeness (QED) is 0.261. The zero-order valence-electron chi connectivity index (χ0n) is 18.9. The highest BCUT2D eigenvalue weighted by Gasteiger charge is 2.25. The molecule has 0 spiro atoms. The first kappa shape index (κ1) is 18.7. The standard InChI is InChI=1S/C33H20N2/c1-2-9-21(10-3-1)23-19-22-16-17-29-33-31(22)27(20-23)25-12-5-4-11-24(25)26-13-8-14-28(32(26)33)35(29)30-15-6-7-18-34-30/h1-20H. The molecule has 0 bridgehead atoms. The molecule has 35 heavy (non-hydrogen) atoms. The molecule has 0 N–H and O–H groups in total. The van der Waals surface area contributed by atoms with Gasteiger partial charge in [0.2, 0.25) is 0 Å². The summed E-state index contributed by atoms with van der Waals surface area (Å²) < 4.78 is 2.32. The highest BCUT2D eigenvalue weighted by atomic mass is 15.1. The summed E-state index contributed by atoms with van der Waals surface area (Å²) in [7, 11) is 0. The summed E-state index contributed by atoms with van der Waals surface area (Å²) in [4.78, 5) is 4.73. The topological polar surface area (TPSA) is 17.8 Å². The summed E-state index contributed by atoms with van der Waals surface area (Å²) in [5.41, 5.74) is 10.0. The van der Waals surface area contributed by atoms with Crippen molar-refractivity contribution < 1.29 is 0 Å². The van der Waals surface area contributed by atoms with E-state index in [9.17, 15) is 0 Å². The number of nitrogens with zero attached hydrogens (tertiary/aromatic N) is 2. The Hall–Kier alpha value is -4.69. The van der Waals surface area contributed by atoms with Gasteiger partial charge in [0.15, 0.2) is 0 Å². The van der Waals surface area contributed by atoms with Crippen molar-refractivity contribution in [3.8, 4) is 39.2 Å². The van der Waals surface area contributed by atoms with Gasteiger partial charge in [-0.2, -0.15) is 0 Å². The van der Waals surface area contributed by atoms with Gasteiger partial charge in [-0.1, -0.05) is 78.9 Å². The van der Waals surface area contributed by atoms with Crippen LogP contribution in [0, 0.1) is 0 Å². The lowest BCUT2D eigenvalue weighted by atomic mass is 9.90.